The zero-order valence-corrected chi connectivity index (χ0v) is 22.1. The Morgan fingerprint density at radius 2 is 1.20 bits per heavy atom. The molecule has 0 amide bonds. The fraction of sp³-hybridized carbons (Fsp3) is 0. The summed E-state index contributed by atoms with van der Waals surface area (Å²) in [7, 11) is 0. The van der Waals surface area contributed by atoms with Crippen LogP contribution in [-0.2, 0) is 0 Å². The van der Waals surface area contributed by atoms with Crippen LogP contribution < -0.4 is 0 Å². The van der Waals surface area contributed by atoms with E-state index in [1.807, 2.05) is 6.20 Å². The van der Waals surface area contributed by atoms with Crippen molar-refractivity contribution in [3.63, 3.8) is 0 Å². The standard InChI is InChI=1S/C38H23N3/c1-2-12-26(13-3-1)41-34-19-7-6-15-28(34)29-21-20-25(22-35(29)41)27-14-4-5-16-31(27)38-39-23-33-30-17-8-10-24-11-9-18-32(36(24)30)37(33)40-38/h1-23H. The summed E-state index contributed by atoms with van der Waals surface area (Å²) in [5.74, 6) is 0.743. The average molecular weight is 522 g/mol. The lowest BCUT2D eigenvalue weighted by molar-refractivity contribution is 1.18. The number of hydrogen-bond donors (Lipinski definition) is 0. The number of para-hydroxylation sites is 2. The summed E-state index contributed by atoms with van der Waals surface area (Å²) >= 11 is 0. The molecule has 3 nitrogen and oxygen atoms in total. The molecule has 1 aliphatic rings. The minimum absolute atomic E-state index is 0.743. The highest BCUT2D eigenvalue weighted by Crippen LogP contribution is 2.46. The van der Waals surface area contributed by atoms with E-state index in [0.717, 1.165) is 39.5 Å². The first-order valence-electron chi connectivity index (χ1n) is 13.9. The zero-order valence-electron chi connectivity index (χ0n) is 22.1. The molecule has 2 heterocycles. The number of nitrogens with zero attached hydrogens (tertiary/aromatic N) is 3. The van der Waals surface area contributed by atoms with E-state index in [4.69, 9.17) is 9.97 Å². The van der Waals surface area contributed by atoms with E-state index in [9.17, 15) is 0 Å². The van der Waals surface area contributed by atoms with Crippen molar-refractivity contribution in [2.24, 2.45) is 0 Å². The fourth-order valence-electron chi connectivity index (χ4n) is 6.60. The quantitative estimate of drug-likeness (QED) is 0.232. The van der Waals surface area contributed by atoms with Gasteiger partial charge in [0.25, 0.3) is 0 Å². The van der Waals surface area contributed by atoms with E-state index >= 15 is 0 Å². The first kappa shape index (κ1) is 22.3. The smallest absolute Gasteiger partial charge is 0.160 e. The first-order valence-corrected chi connectivity index (χ1v) is 13.9. The lowest BCUT2D eigenvalue weighted by Crippen LogP contribution is -1.95. The highest BCUT2D eigenvalue weighted by atomic mass is 15.0. The van der Waals surface area contributed by atoms with Crippen LogP contribution in [0.1, 0.15) is 0 Å². The third kappa shape index (κ3) is 3.20. The van der Waals surface area contributed by atoms with Gasteiger partial charge in [-0.2, -0.15) is 0 Å². The summed E-state index contributed by atoms with van der Waals surface area (Å²) in [4.78, 5) is 10.1. The van der Waals surface area contributed by atoms with Crippen molar-refractivity contribution in [1.29, 1.82) is 0 Å². The van der Waals surface area contributed by atoms with Crippen molar-refractivity contribution in [1.82, 2.24) is 14.5 Å². The van der Waals surface area contributed by atoms with E-state index in [0.29, 0.717) is 0 Å². The summed E-state index contributed by atoms with van der Waals surface area (Å²) in [5, 5.41) is 5.00. The molecular weight excluding hydrogens is 498 g/mol. The highest BCUT2D eigenvalue weighted by molar-refractivity contribution is 6.14. The van der Waals surface area contributed by atoms with Gasteiger partial charge in [0.15, 0.2) is 5.82 Å². The molecule has 8 aromatic rings. The summed E-state index contributed by atoms with van der Waals surface area (Å²) in [6.45, 7) is 0. The summed E-state index contributed by atoms with van der Waals surface area (Å²) in [5.41, 5.74) is 11.3. The SMILES string of the molecule is c1ccc(-n2c3ccccc3c3ccc(-c4ccccc4-c4ncc5c(n4)-c4cccc6cccc-5c46)cc32)cc1. The monoisotopic (exact) mass is 521 g/mol. The summed E-state index contributed by atoms with van der Waals surface area (Å²) < 4.78 is 2.36. The van der Waals surface area contributed by atoms with Crippen molar-refractivity contribution in [2.75, 3.05) is 0 Å². The van der Waals surface area contributed by atoms with Gasteiger partial charge in [-0.3, -0.25) is 0 Å². The van der Waals surface area contributed by atoms with Crippen LogP contribution in [0.15, 0.2) is 140 Å². The number of fused-ring (bicyclic) bond motifs is 6. The normalized spacial score (nSPS) is 11.9. The van der Waals surface area contributed by atoms with Crippen molar-refractivity contribution >= 4 is 32.6 Å². The van der Waals surface area contributed by atoms with Crippen LogP contribution in [0.3, 0.4) is 0 Å². The largest absolute Gasteiger partial charge is 0.309 e. The van der Waals surface area contributed by atoms with E-state index in [-0.39, 0.29) is 0 Å². The van der Waals surface area contributed by atoms with Gasteiger partial charge >= 0.3 is 0 Å². The molecule has 41 heavy (non-hydrogen) atoms. The second kappa shape index (κ2) is 8.48. The van der Waals surface area contributed by atoms with Gasteiger partial charge in [-0.25, -0.2) is 9.97 Å². The topological polar surface area (TPSA) is 30.7 Å². The maximum absolute atomic E-state index is 5.20. The predicted octanol–water partition coefficient (Wildman–Crippen LogP) is 9.71. The van der Waals surface area contributed by atoms with Gasteiger partial charge in [0, 0.05) is 39.3 Å². The zero-order chi connectivity index (χ0) is 26.9. The number of aromatic nitrogens is 3. The molecule has 0 N–H and O–H groups in total. The van der Waals surface area contributed by atoms with Gasteiger partial charge < -0.3 is 4.57 Å². The maximum atomic E-state index is 5.20. The molecule has 0 aliphatic heterocycles. The van der Waals surface area contributed by atoms with Gasteiger partial charge in [-0.15, -0.1) is 0 Å². The van der Waals surface area contributed by atoms with Crippen LogP contribution >= 0.6 is 0 Å². The van der Waals surface area contributed by atoms with Gasteiger partial charge in [0.1, 0.15) is 0 Å². The van der Waals surface area contributed by atoms with Crippen molar-refractivity contribution in [3.8, 4) is 50.6 Å². The van der Waals surface area contributed by atoms with Crippen LogP contribution in [0.2, 0.25) is 0 Å². The Bertz CT molecular complexity index is 2310. The lowest BCUT2D eigenvalue weighted by Gasteiger charge is -2.12. The molecule has 6 aromatic carbocycles. The van der Waals surface area contributed by atoms with Gasteiger partial charge in [-0.1, -0.05) is 109 Å². The molecule has 3 heteroatoms. The summed E-state index contributed by atoms with van der Waals surface area (Å²) in [6.07, 6.45) is 2.00. The van der Waals surface area contributed by atoms with E-state index in [2.05, 4.69) is 138 Å². The Kier molecular flexibility index (Phi) is 4.61. The minimum Gasteiger partial charge on any atom is -0.309 e. The van der Waals surface area contributed by atoms with Crippen molar-refractivity contribution < 1.29 is 0 Å². The van der Waals surface area contributed by atoms with Crippen molar-refractivity contribution in [3.05, 3.63) is 140 Å². The Balaban J connectivity index is 1.25. The van der Waals surface area contributed by atoms with Crippen LogP contribution in [0, 0.1) is 0 Å². The third-order valence-corrected chi connectivity index (χ3v) is 8.41. The van der Waals surface area contributed by atoms with E-state index in [1.165, 1.54) is 43.7 Å². The van der Waals surface area contributed by atoms with Crippen molar-refractivity contribution in [2.45, 2.75) is 0 Å². The van der Waals surface area contributed by atoms with Gasteiger partial charge in [0.05, 0.1) is 16.7 Å². The molecule has 0 unspecified atom stereocenters. The van der Waals surface area contributed by atoms with Crippen LogP contribution in [-0.4, -0.2) is 14.5 Å². The highest BCUT2D eigenvalue weighted by Gasteiger charge is 2.24. The first-order chi connectivity index (χ1) is 20.3. The van der Waals surface area contributed by atoms with E-state index < -0.39 is 0 Å². The van der Waals surface area contributed by atoms with Crippen LogP contribution in [0.4, 0.5) is 0 Å². The van der Waals surface area contributed by atoms with Crippen LogP contribution in [0.25, 0.3) is 83.2 Å². The molecule has 0 atom stereocenters. The number of rotatable bonds is 3. The third-order valence-electron chi connectivity index (χ3n) is 8.41. The number of benzene rings is 6. The number of hydrogen-bond acceptors (Lipinski definition) is 2. The maximum Gasteiger partial charge on any atom is 0.160 e. The molecule has 0 saturated heterocycles. The Morgan fingerprint density at radius 1 is 0.488 bits per heavy atom. The molecule has 2 aromatic heterocycles. The average Bonchev–Trinajstić information content (AvgIpc) is 3.55. The molecule has 0 spiro atoms. The molecule has 0 radical (unpaired) electrons. The molecule has 1 aliphatic carbocycles. The second-order valence-corrected chi connectivity index (χ2v) is 10.6. The Labute approximate surface area is 237 Å². The van der Waals surface area contributed by atoms with Gasteiger partial charge in [-0.05, 0) is 51.7 Å². The minimum atomic E-state index is 0.743. The van der Waals surface area contributed by atoms with Crippen LogP contribution in [0.5, 0.6) is 0 Å². The molecular formula is C38H23N3. The molecule has 0 saturated carbocycles. The summed E-state index contributed by atoms with van der Waals surface area (Å²) in [6, 6.07) is 47.4. The molecule has 9 rings (SSSR count). The second-order valence-electron chi connectivity index (χ2n) is 10.6. The fourth-order valence-corrected chi connectivity index (χ4v) is 6.60. The molecule has 0 bridgehead atoms. The molecule has 0 fully saturated rings. The Morgan fingerprint density at radius 3 is 2.07 bits per heavy atom. The van der Waals surface area contributed by atoms with Gasteiger partial charge in [0.2, 0.25) is 0 Å². The van der Waals surface area contributed by atoms with E-state index in [1.54, 1.807) is 0 Å². The predicted molar refractivity (Wildman–Crippen MR) is 169 cm³/mol. The Hall–Kier alpha value is -5.54. The molecule has 190 valence electrons. The lowest BCUT2D eigenvalue weighted by atomic mass is 9.97.